The van der Waals surface area contributed by atoms with E-state index in [2.05, 4.69) is 65.1 Å². The third-order valence-corrected chi connectivity index (χ3v) is 4.61. The maximum Gasteiger partial charge on any atom is 0.0805 e. The van der Waals surface area contributed by atoms with Crippen molar-refractivity contribution in [3.8, 4) is 0 Å². The molecule has 2 aliphatic rings. The minimum Gasteiger partial charge on any atom is -0.369 e. The number of rotatable bonds is 4. The van der Waals surface area contributed by atoms with Gasteiger partial charge in [0.05, 0.1) is 11.7 Å². The second kappa shape index (κ2) is 5.90. The van der Waals surface area contributed by atoms with Gasteiger partial charge in [-0.05, 0) is 51.3 Å². The van der Waals surface area contributed by atoms with Gasteiger partial charge in [-0.3, -0.25) is 0 Å². The second-order valence-corrected chi connectivity index (χ2v) is 7.91. The number of hydrogen-bond acceptors (Lipinski definition) is 3. The highest BCUT2D eigenvalue weighted by atomic mass is 79.9. The van der Waals surface area contributed by atoms with E-state index in [4.69, 9.17) is 4.74 Å². The molecule has 1 unspecified atom stereocenters. The lowest BCUT2D eigenvalue weighted by molar-refractivity contribution is -0.0750. The lowest BCUT2D eigenvalue weighted by Crippen LogP contribution is -2.52. The molecule has 3 nitrogen and oxygen atoms in total. The summed E-state index contributed by atoms with van der Waals surface area (Å²) in [5.41, 5.74) is 2.62. The van der Waals surface area contributed by atoms with E-state index in [0.717, 1.165) is 30.1 Å². The zero-order chi connectivity index (χ0) is 15.0. The lowest BCUT2D eigenvalue weighted by Gasteiger charge is -2.43. The molecule has 1 heterocycles. The minimum atomic E-state index is -0.0961. The molecule has 0 amide bonds. The van der Waals surface area contributed by atoms with Crippen LogP contribution in [0.1, 0.15) is 39.2 Å². The van der Waals surface area contributed by atoms with Gasteiger partial charge >= 0.3 is 0 Å². The Morgan fingerprint density at radius 3 is 2.81 bits per heavy atom. The molecule has 1 N–H and O–H groups in total. The van der Waals surface area contributed by atoms with Crippen molar-refractivity contribution in [3.63, 3.8) is 0 Å². The van der Waals surface area contributed by atoms with Crippen LogP contribution in [-0.4, -0.2) is 30.8 Å². The molecule has 1 atom stereocenters. The Kier molecular flexibility index (Phi) is 4.30. The molecule has 1 aromatic rings. The summed E-state index contributed by atoms with van der Waals surface area (Å²) in [5.74, 6) is 0. The molecule has 1 saturated heterocycles. The molecule has 1 saturated carbocycles. The highest BCUT2D eigenvalue weighted by Crippen LogP contribution is 2.31. The molecule has 1 aliphatic carbocycles. The third-order valence-electron chi connectivity index (χ3n) is 4.12. The lowest BCUT2D eigenvalue weighted by atomic mass is 10.0. The number of anilines is 1. The first kappa shape index (κ1) is 15.3. The molecule has 0 radical (unpaired) electrons. The fraction of sp³-hybridized carbons (Fsp3) is 0.647. The van der Waals surface area contributed by atoms with E-state index in [9.17, 15) is 0 Å². The van der Waals surface area contributed by atoms with Gasteiger partial charge in [0.25, 0.3) is 0 Å². The minimum absolute atomic E-state index is 0.0961. The normalized spacial score (nSPS) is 25.1. The average Bonchev–Trinajstić information content (AvgIpc) is 3.19. The number of ether oxygens (including phenoxy) is 1. The van der Waals surface area contributed by atoms with Gasteiger partial charge in [0.2, 0.25) is 0 Å². The van der Waals surface area contributed by atoms with Crippen molar-refractivity contribution in [3.05, 3.63) is 28.2 Å². The van der Waals surface area contributed by atoms with Crippen LogP contribution in [0.3, 0.4) is 0 Å². The Labute approximate surface area is 136 Å². The predicted molar refractivity (Wildman–Crippen MR) is 90.8 cm³/mol. The maximum atomic E-state index is 6.03. The number of nitrogens with zero attached hydrogens (tertiary/aromatic N) is 1. The van der Waals surface area contributed by atoms with Crippen molar-refractivity contribution >= 4 is 21.6 Å². The number of benzene rings is 1. The van der Waals surface area contributed by atoms with Crippen molar-refractivity contribution in [2.24, 2.45) is 0 Å². The van der Waals surface area contributed by atoms with Crippen molar-refractivity contribution in [2.75, 3.05) is 18.0 Å². The van der Waals surface area contributed by atoms with Gasteiger partial charge < -0.3 is 15.0 Å². The Morgan fingerprint density at radius 1 is 1.38 bits per heavy atom. The molecule has 0 bridgehead atoms. The van der Waals surface area contributed by atoms with E-state index in [0.29, 0.717) is 0 Å². The summed E-state index contributed by atoms with van der Waals surface area (Å²) in [6.07, 6.45) is 2.91. The summed E-state index contributed by atoms with van der Waals surface area (Å²) in [4.78, 5) is 2.48. The number of nitrogens with one attached hydrogen (secondary N) is 1. The van der Waals surface area contributed by atoms with E-state index >= 15 is 0 Å². The second-order valence-electron chi connectivity index (χ2n) is 7.00. The Balaban J connectivity index is 1.82. The van der Waals surface area contributed by atoms with E-state index < -0.39 is 0 Å². The SMILES string of the molecule is CC1CN(c2cc(Br)ccc2CNC2CC2)CC(C)(C)O1. The maximum absolute atomic E-state index is 6.03. The standard InChI is InChI=1S/C17H25BrN2O/c1-12-10-20(11-17(2,3)21-12)16-8-14(18)5-4-13(16)9-19-15-6-7-15/h4-5,8,12,15,19H,6-7,9-11H2,1-3H3. The molecule has 2 fully saturated rings. The Morgan fingerprint density at radius 2 is 2.14 bits per heavy atom. The Bertz CT molecular complexity index is 514. The van der Waals surface area contributed by atoms with Crippen molar-refractivity contribution in [2.45, 2.75) is 57.9 Å². The molecular formula is C17H25BrN2O. The first-order valence-electron chi connectivity index (χ1n) is 7.87. The summed E-state index contributed by atoms with van der Waals surface area (Å²) >= 11 is 3.62. The van der Waals surface area contributed by atoms with E-state index in [1.165, 1.54) is 24.1 Å². The van der Waals surface area contributed by atoms with Gasteiger partial charge in [-0.25, -0.2) is 0 Å². The van der Waals surface area contributed by atoms with Crippen LogP contribution >= 0.6 is 15.9 Å². The molecule has 0 spiro atoms. The van der Waals surface area contributed by atoms with Gasteiger partial charge in [-0.2, -0.15) is 0 Å². The highest BCUT2D eigenvalue weighted by molar-refractivity contribution is 9.10. The van der Waals surface area contributed by atoms with E-state index in [1.807, 2.05) is 0 Å². The van der Waals surface area contributed by atoms with Crippen molar-refractivity contribution < 1.29 is 4.74 Å². The highest BCUT2D eigenvalue weighted by Gasteiger charge is 2.32. The van der Waals surface area contributed by atoms with Crippen LogP contribution < -0.4 is 10.2 Å². The molecule has 3 rings (SSSR count). The summed E-state index contributed by atoms with van der Waals surface area (Å²) in [6, 6.07) is 7.36. The Hall–Kier alpha value is -0.580. The molecule has 0 aromatic heterocycles. The summed E-state index contributed by atoms with van der Waals surface area (Å²) < 4.78 is 7.18. The monoisotopic (exact) mass is 352 g/mol. The molecule has 4 heteroatoms. The van der Waals surface area contributed by atoms with Crippen LogP contribution in [0.15, 0.2) is 22.7 Å². The van der Waals surface area contributed by atoms with Crippen molar-refractivity contribution in [1.82, 2.24) is 5.32 Å². The van der Waals surface area contributed by atoms with Crippen molar-refractivity contribution in [1.29, 1.82) is 0 Å². The average molecular weight is 353 g/mol. The van der Waals surface area contributed by atoms with Gasteiger partial charge in [0.1, 0.15) is 0 Å². The van der Waals surface area contributed by atoms with Crippen LogP contribution in [-0.2, 0) is 11.3 Å². The molecule has 1 aliphatic heterocycles. The third kappa shape index (κ3) is 3.99. The number of halogens is 1. The zero-order valence-corrected chi connectivity index (χ0v) is 14.7. The molecular weight excluding hydrogens is 328 g/mol. The van der Waals surface area contributed by atoms with Gasteiger partial charge in [-0.1, -0.05) is 22.0 Å². The summed E-state index contributed by atoms with van der Waals surface area (Å²) in [7, 11) is 0. The van der Waals surface area contributed by atoms with Crippen LogP contribution in [0.2, 0.25) is 0 Å². The summed E-state index contributed by atoms with van der Waals surface area (Å²) in [5, 5.41) is 3.63. The van der Waals surface area contributed by atoms with Gasteiger partial charge in [0, 0.05) is 35.8 Å². The van der Waals surface area contributed by atoms with E-state index in [1.54, 1.807) is 0 Å². The quantitative estimate of drug-likeness (QED) is 0.893. The first-order chi connectivity index (χ1) is 9.93. The largest absolute Gasteiger partial charge is 0.369 e. The topological polar surface area (TPSA) is 24.5 Å². The fourth-order valence-corrected chi connectivity index (χ4v) is 3.51. The number of hydrogen-bond donors (Lipinski definition) is 1. The first-order valence-corrected chi connectivity index (χ1v) is 8.67. The smallest absolute Gasteiger partial charge is 0.0805 e. The predicted octanol–water partition coefficient (Wildman–Crippen LogP) is 3.70. The fourth-order valence-electron chi connectivity index (χ4n) is 3.16. The molecule has 1 aromatic carbocycles. The number of morpholine rings is 1. The van der Waals surface area contributed by atoms with E-state index in [-0.39, 0.29) is 11.7 Å². The molecule has 116 valence electrons. The zero-order valence-electron chi connectivity index (χ0n) is 13.2. The van der Waals surface area contributed by atoms with Crippen LogP contribution in [0.4, 0.5) is 5.69 Å². The van der Waals surface area contributed by atoms with Gasteiger partial charge in [0.15, 0.2) is 0 Å². The van der Waals surface area contributed by atoms with Crippen LogP contribution in [0.25, 0.3) is 0 Å². The molecule has 21 heavy (non-hydrogen) atoms. The van der Waals surface area contributed by atoms with Gasteiger partial charge in [-0.15, -0.1) is 0 Å². The summed E-state index contributed by atoms with van der Waals surface area (Å²) in [6.45, 7) is 9.36. The van der Waals surface area contributed by atoms with Crippen LogP contribution in [0.5, 0.6) is 0 Å². The van der Waals surface area contributed by atoms with Crippen LogP contribution in [0, 0.1) is 0 Å².